The van der Waals surface area contributed by atoms with Gasteiger partial charge in [-0.2, -0.15) is 0 Å². The minimum Gasteiger partial charge on any atom is -0.0654 e. The van der Waals surface area contributed by atoms with Crippen LogP contribution in [0.1, 0.15) is 213 Å². The Labute approximate surface area is 219 Å². The first kappa shape index (κ1) is 34.0. The topological polar surface area (TPSA) is 0 Å². The van der Waals surface area contributed by atoms with E-state index in [1.807, 2.05) is 0 Å². The Morgan fingerprint density at radius 3 is 0.735 bits per heavy atom. The molecule has 0 aromatic carbocycles. The van der Waals surface area contributed by atoms with E-state index in [-0.39, 0.29) is 0 Å². The molecular weight excluding hydrogens is 408 g/mol. The maximum absolute atomic E-state index is 2.43. The summed E-state index contributed by atoms with van der Waals surface area (Å²) >= 11 is 0. The third kappa shape index (κ3) is 30.0. The zero-order chi connectivity index (χ0) is 24.8. The van der Waals surface area contributed by atoms with Crippen LogP contribution in [0.3, 0.4) is 0 Å². The minimum atomic E-state index is 0.962. The van der Waals surface area contributed by atoms with E-state index in [1.54, 1.807) is 0 Å². The number of hydrogen-bond donors (Lipinski definition) is 0. The Morgan fingerprint density at radius 2 is 0.500 bits per heavy atom. The van der Waals surface area contributed by atoms with Gasteiger partial charge in [-0.3, -0.25) is 0 Å². The van der Waals surface area contributed by atoms with Crippen LogP contribution in [0.15, 0.2) is 0 Å². The van der Waals surface area contributed by atoms with Crippen molar-refractivity contribution in [1.82, 2.24) is 0 Å². The first-order valence-corrected chi connectivity index (χ1v) is 16.8. The lowest BCUT2D eigenvalue weighted by atomic mass is 9.98. The smallest absolute Gasteiger partial charge is 0.0443 e. The fourth-order valence-corrected chi connectivity index (χ4v) is 5.62. The Hall–Kier alpha value is 0. The summed E-state index contributed by atoms with van der Waals surface area (Å²) in [5.41, 5.74) is 0. The Balaban J connectivity index is 3.03. The van der Waals surface area contributed by atoms with Gasteiger partial charge in [0, 0.05) is 0 Å². The van der Waals surface area contributed by atoms with Crippen LogP contribution in [0.5, 0.6) is 0 Å². The van der Waals surface area contributed by atoms with E-state index < -0.39 is 0 Å². The van der Waals surface area contributed by atoms with Gasteiger partial charge in [-0.1, -0.05) is 213 Å². The Kier molecular flexibility index (Phi) is 31.0. The van der Waals surface area contributed by atoms with E-state index in [1.165, 1.54) is 193 Å². The first-order chi connectivity index (χ1) is 16.8. The molecule has 0 N–H and O–H groups in total. The van der Waals surface area contributed by atoms with Crippen LogP contribution in [0.4, 0.5) is 0 Å². The van der Waals surface area contributed by atoms with Crippen molar-refractivity contribution >= 4 is 0 Å². The number of rotatable bonds is 30. The van der Waals surface area contributed by atoms with Crippen molar-refractivity contribution in [3.8, 4) is 0 Å². The van der Waals surface area contributed by atoms with E-state index in [0.717, 1.165) is 5.92 Å². The van der Waals surface area contributed by atoms with Gasteiger partial charge in [0.1, 0.15) is 0 Å². The standard InChI is InChI=1S/C34H70/c1-4-6-7-8-9-10-11-12-13-14-15-16-17-18-19-20-21-22-23-24-25-26-27-28-29-30-31-33-34(3)32-5-2/h34H,4-33H2,1-3H3. The molecule has 0 saturated heterocycles. The average Bonchev–Trinajstić information content (AvgIpc) is 2.83. The van der Waals surface area contributed by atoms with Crippen LogP contribution < -0.4 is 0 Å². The third-order valence-corrected chi connectivity index (χ3v) is 8.08. The predicted molar refractivity (Wildman–Crippen MR) is 159 cm³/mol. The normalized spacial score (nSPS) is 12.4. The second kappa shape index (κ2) is 31.0. The molecule has 0 heterocycles. The molecule has 0 aliphatic carbocycles. The van der Waals surface area contributed by atoms with Crippen molar-refractivity contribution in [1.29, 1.82) is 0 Å². The first-order valence-electron chi connectivity index (χ1n) is 16.8. The van der Waals surface area contributed by atoms with Crippen molar-refractivity contribution < 1.29 is 0 Å². The molecule has 0 heteroatoms. The van der Waals surface area contributed by atoms with Gasteiger partial charge < -0.3 is 0 Å². The van der Waals surface area contributed by atoms with Crippen molar-refractivity contribution in [2.75, 3.05) is 0 Å². The van der Waals surface area contributed by atoms with E-state index in [9.17, 15) is 0 Å². The summed E-state index contributed by atoms with van der Waals surface area (Å²) in [5.74, 6) is 0.962. The summed E-state index contributed by atoms with van der Waals surface area (Å²) in [6.45, 7) is 7.06. The highest BCUT2D eigenvalue weighted by Crippen LogP contribution is 2.18. The van der Waals surface area contributed by atoms with Crippen LogP contribution >= 0.6 is 0 Å². The molecular formula is C34H70. The molecule has 206 valence electrons. The molecule has 1 unspecified atom stereocenters. The molecule has 0 amide bonds. The number of hydrogen-bond acceptors (Lipinski definition) is 0. The summed E-state index contributed by atoms with van der Waals surface area (Å²) in [4.78, 5) is 0. The Morgan fingerprint density at radius 1 is 0.265 bits per heavy atom. The maximum atomic E-state index is 2.43. The molecule has 0 aromatic rings. The largest absolute Gasteiger partial charge is 0.0654 e. The monoisotopic (exact) mass is 479 g/mol. The zero-order valence-electron chi connectivity index (χ0n) is 24.8. The molecule has 0 bridgehead atoms. The number of unbranched alkanes of at least 4 members (excludes halogenated alkanes) is 26. The lowest BCUT2D eigenvalue weighted by molar-refractivity contribution is 0.449. The van der Waals surface area contributed by atoms with Gasteiger partial charge in [-0.15, -0.1) is 0 Å². The zero-order valence-corrected chi connectivity index (χ0v) is 24.8. The average molecular weight is 479 g/mol. The SMILES string of the molecule is CCCCCCCCCCCCCCCCCCCCCCCCCCCCCC(C)CCC. The quantitative estimate of drug-likeness (QED) is 0.0900. The molecule has 0 saturated carbocycles. The summed E-state index contributed by atoms with van der Waals surface area (Å²) in [7, 11) is 0. The van der Waals surface area contributed by atoms with Gasteiger partial charge >= 0.3 is 0 Å². The second-order valence-electron chi connectivity index (χ2n) is 11.9. The van der Waals surface area contributed by atoms with Crippen LogP contribution in [0, 0.1) is 5.92 Å². The fourth-order valence-electron chi connectivity index (χ4n) is 5.62. The van der Waals surface area contributed by atoms with E-state index in [4.69, 9.17) is 0 Å². The molecule has 0 aromatic heterocycles. The van der Waals surface area contributed by atoms with E-state index in [2.05, 4.69) is 20.8 Å². The van der Waals surface area contributed by atoms with Crippen LogP contribution in [-0.4, -0.2) is 0 Å². The van der Waals surface area contributed by atoms with Crippen LogP contribution in [-0.2, 0) is 0 Å². The lowest BCUT2D eigenvalue weighted by Gasteiger charge is -2.09. The predicted octanol–water partition coefficient (Wildman–Crippen LogP) is 13.4. The second-order valence-corrected chi connectivity index (χ2v) is 11.9. The highest BCUT2D eigenvalue weighted by molar-refractivity contribution is 4.54. The van der Waals surface area contributed by atoms with E-state index >= 15 is 0 Å². The summed E-state index contributed by atoms with van der Waals surface area (Å²) in [6, 6.07) is 0. The van der Waals surface area contributed by atoms with Gasteiger partial charge in [0.05, 0.1) is 0 Å². The maximum Gasteiger partial charge on any atom is -0.0443 e. The van der Waals surface area contributed by atoms with Gasteiger partial charge in [0.25, 0.3) is 0 Å². The van der Waals surface area contributed by atoms with Crippen molar-refractivity contribution in [2.24, 2.45) is 5.92 Å². The summed E-state index contributed by atoms with van der Waals surface area (Å²) < 4.78 is 0. The van der Waals surface area contributed by atoms with Crippen LogP contribution in [0.25, 0.3) is 0 Å². The fraction of sp³-hybridized carbons (Fsp3) is 1.00. The van der Waals surface area contributed by atoms with Gasteiger partial charge in [0.2, 0.25) is 0 Å². The molecule has 0 aliphatic rings. The molecule has 34 heavy (non-hydrogen) atoms. The van der Waals surface area contributed by atoms with Crippen LogP contribution in [0.2, 0.25) is 0 Å². The van der Waals surface area contributed by atoms with Gasteiger partial charge in [0.15, 0.2) is 0 Å². The lowest BCUT2D eigenvalue weighted by Crippen LogP contribution is -1.93. The van der Waals surface area contributed by atoms with Gasteiger partial charge in [-0.05, 0) is 5.92 Å². The molecule has 0 aliphatic heterocycles. The van der Waals surface area contributed by atoms with Gasteiger partial charge in [-0.25, -0.2) is 0 Å². The molecule has 0 nitrogen and oxygen atoms in total. The molecule has 0 rings (SSSR count). The van der Waals surface area contributed by atoms with Crippen molar-refractivity contribution in [2.45, 2.75) is 213 Å². The Bertz CT molecular complexity index is 333. The van der Waals surface area contributed by atoms with E-state index in [0.29, 0.717) is 0 Å². The summed E-state index contributed by atoms with van der Waals surface area (Å²) in [5, 5.41) is 0. The third-order valence-electron chi connectivity index (χ3n) is 8.08. The highest BCUT2D eigenvalue weighted by atomic mass is 14.1. The molecule has 0 fully saturated rings. The minimum absolute atomic E-state index is 0.962. The highest BCUT2D eigenvalue weighted by Gasteiger charge is 2.00. The summed E-state index contributed by atoms with van der Waals surface area (Å²) in [6.07, 6.45) is 44.3. The van der Waals surface area contributed by atoms with Crippen molar-refractivity contribution in [3.05, 3.63) is 0 Å². The molecule has 1 atom stereocenters. The van der Waals surface area contributed by atoms with Crippen molar-refractivity contribution in [3.63, 3.8) is 0 Å². The molecule has 0 radical (unpaired) electrons. The molecule has 0 spiro atoms.